The Kier molecular flexibility index (Phi) is 5.56. The van der Waals surface area contributed by atoms with Crippen LogP contribution in [0.1, 0.15) is 58.9 Å². The molecule has 1 aliphatic heterocycles. The minimum absolute atomic E-state index is 0.128. The molecule has 1 atom stereocenters. The van der Waals surface area contributed by atoms with Crippen LogP contribution in [-0.2, 0) is 6.54 Å². The molecule has 0 amide bonds. The third-order valence-electron chi connectivity index (χ3n) is 4.26. The zero-order chi connectivity index (χ0) is 15.5. The molecule has 0 saturated carbocycles. The predicted octanol–water partition coefficient (Wildman–Crippen LogP) is 5.00. The first-order valence-corrected chi connectivity index (χ1v) is 8.58. The van der Waals surface area contributed by atoms with Gasteiger partial charge in [-0.1, -0.05) is 24.6 Å². The van der Waals surface area contributed by atoms with Crippen LogP contribution in [-0.4, -0.2) is 18.1 Å². The van der Waals surface area contributed by atoms with Gasteiger partial charge in [0.1, 0.15) is 0 Å². The van der Waals surface area contributed by atoms with E-state index in [9.17, 15) is 0 Å². The summed E-state index contributed by atoms with van der Waals surface area (Å²) in [6, 6.07) is 6.99. The fourth-order valence-electron chi connectivity index (χ4n) is 3.06. The van der Waals surface area contributed by atoms with Gasteiger partial charge in [-0.25, -0.2) is 0 Å². The van der Waals surface area contributed by atoms with E-state index in [1.807, 2.05) is 6.07 Å². The normalized spacial score (nSPS) is 19.9. The number of nitrogens with zero attached hydrogens (tertiary/aromatic N) is 1. The predicted molar refractivity (Wildman–Crippen MR) is 93.3 cm³/mol. The van der Waals surface area contributed by atoms with E-state index in [0.717, 1.165) is 18.1 Å². The van der Waals surface area contributed by atoms with Crippen molar-refractivity contribution in [2.75, 3.05) is 11.4 Å². The first-order valence-electron chi connectivity index (χ1n) is 8.21. The Bertz CT molecular complexity index is 465. The highest BCUT2D eigenvalue weighted by atomic mass is 35.5. The molecule has 3 heteroatoms. The van der Waals surface area contributed by atoms with E-state index in [-0.39, 0.29) is 5.54 Å². The maximum Gasteiger partial charge on any atom is 0.0429 e. The highest BCUT2D eigenvalue weighted by Gasteiger charge is 2.23. The molecule has 1 saturated heterocycles. The second-order valence-corrected chi connectivity index (χ2v) is 7.56. The number of piperidine rings is 1. The molecule has 1 aliphatic rings. The average Bonchev–Trinajstić information content (AvgIpc) is 2.45. The Morgan fingerprint density at radius 1 is 1.29 bits per heavy atom. The van der Waals surface area contributed by atoms with Crippen LogP contribution < -0.4 is 10.2 Å². The van der Waals surface area contributed by atoms with E-state index in [2.05, 4.69) is 50.0 Å². The first kappa shape index (κ1) is 16.6. The molecule has 0 bridgehead atoms. The van der Waals surface area contributed by atoms with Crippen molar-refractivity contribution in [2.45, 2.75) is 71.5 Å². The van der Waals surface area contributed by atoms with Crippen LogP contribution in [0.25, 0.3) is 0 Å². The van der Waals surface area contributed by atoms with Crippen molar-refractivity contribution in [1.29, 1.82) is 0 Å². The van der Waals surface area contributed by atoms with Gasteiger partial charge in [0.2, 0.25) is 0 Å². The molecule has 1 aromatic rings. The molecule has 1 heterocycles. The Balaban J connectivity index is 2.25. The SMILES string of the molecule is CCC1CCCCN1c1cc(Cl)ccc1CNC(C)(C)C. The molecule has 1 fully saturated rings. The first-order chi connectivity index (χ1) is 9.90. The van der Waals surface area contributed by atoms with Crippen molar-refractivity contribution in [3.05, 3.63) is 28.8 Å². The number of halogens is 1. The Morgan fingerprint density at radius 3 is 2.71 bits per heavy atom. The minimum atomic E-state index is 0.128. The fourth-order valence-corrected chi connectivity index (χ4v) is 3.22. The highest BCUT2D eigenvalue weighted by molar-refractivity contribution is 6.30. The average molecular weight is 309 g/mol. The van der Waals surface area contributed by atoms with Crippen molar-refractivity contribution in [3.63, 3.8) is 0 Å². The van der Waals surface area contributed by atoms with Crippen molar-refractivity contribution >= 4 is 17.3 Å². The largest absolute Gasteiger partial charge is 0.368 e. The van der Waals surface area contributed by atoms with E-state index in [0.29, 0.717) is 6.04 Å². The zero-order valence-electron chi connectivity index (χ0n) is 13.9. The Labute approximate surface area is 134 Å². The quantitative estimate of drug-likeness (QED) is 0.842. The maximum absolute atomic E-state index is 6.27. The molecular formula is C18H29ClN2. The monoisotopic (exact) mass is 308 g/mol. The summed E-state index contributed by atoms with van der Waals surface area (Å²) in [4.78, 5) is 2.58. The number of hydrogen-bond donors (Lipinski definition) is 1. The number of rotatable bonds is 4. The molecule has 2 rings (SSSR count). The summed E-state index contributed by atoms with van der Waals surface area (Å²) in [5.74, 6) is 0. The molecule has 1 N–H and O–H groups in total. The molecule has 2 nitrogen and oxygen atoms in total. The van der Waals surface area contributed by atoms with E-state index in [4.69, 9.17) is 11.6 Å². The van der Waals surface area contributed by atoms with Gasteiger partial charge in [0.15, 0.2) is 0 Å². The van der Waals surface area contributed by atoms with Gasteiger partial charge in [-0.2, -0.15) is 0 Å². The van der Waals surface area contributed by atoms with Crippen molar-refractivity contribution in [2.24, 2.45) is 0 Å². The smallest absolute Gasteiger partial charge is 0.0429 e. The van der Waals surface area contributed by atoms with Crippen LogP contribution in [0.3, 0.4) is 0 Å². The molecule has 0 aliphatic carbocycles. The van der Waals surface area contributed by atoms with Gasteiger partial charge >= 0.3 is 0 Å². The van der Waals surface area contributed by atoms with Crippen LogP contribution in [0.15, 0.2) is 18.2 Å². The molecule has 0 aromatic heterocycles. The van der Waals surface area contributed by atoms with Gasteiger partial charge in [0, 0.05) is 35.4 Å². The van der Waals surface area contributed by atoms with Crippen LogP contribution in [0.4, 0.5) is 5.69 Å². The van der Waals surface area contributed by atoms with Crippen LogP contribution in [0, 0.1) is 0 Å². The second kappa shape index (κ2) is 7.02. The standard InChI is InChI=1S/C18H29ClN2/c1-5-16-8-6-7-11-21(16)17-12-15(19)10-9-14(17)13-20-18(2,3)4/h9-10,12,16,20H,5-8,11,13H2,1-4H3. The third-order valence-corrected chi connectivity index (χ3v) is 4.50. The van der Waals surface area contributed by atoms with Crippen LogP contribution in [0.2, 0.25) is 5.02 Å². The third kappa shape index (κ3) is 4.62. The topological polar surface area (TPSA) is 15.3 Å². The zero-order valence-corrected chi connectivity index (χ0v) is 14.6. The van der Waals surface area contributed by atoms with Crippen LogP contribution >= 0.6 is 11.6 Å². The summed E-state index contributed by atoms with van der Waals surface area (Å²) >= 11 is 6.27. The summed E-state index contributed by atoms with van der Waals surface area (Å²) < 4.78 is 0. The van der Waals surface area contributed by atoms with E-state index >= 15 is 0 Å². The number of nitrogens with one attached hydrogen (secondary N) is 1. The molecule has 21 heavy (non-hydrogen) atoms. The fraction of sp³-hybridized carbons (Fsp3) is 0.667. The molecule has 1 unspecified atom stereocenters. The van der Waals surface area contributed by atoms with Gasteiger partial charge < -0.3 is 10.2 Å². The minimum Gasteiger partial charge on any atom is -0.368 e. The van der Waals surface area contributed by atoms with Gasteiger partial charge in [0.25, 0.3) is 0 Å². The van der Waals surface area contributed by atoms with Crippen LogP contribution in [0.5, 0.6) is 0 Å². The maximum atomic E-state index is 6.27. The molecule has 0 radical (unpaired) electrons. The van der Waals surface area contributed by atoms with Crippen molar-refractivity contribution in [1.82, 2.24) is 5.32 Å². The summed E-state index contributed by atoms with van der Waals surface area (Å²) in [6.07, 6.45) is 5.15. The number of hydrogen-bond acceptors (Lipinski definition) is 2. The van der Waals surface area contributed by atoms with Gasteiger partial charge in [-0.3, -0.25) is 0 Å². The van der Waals surface area contributed by atoms with Gasteiger partial charge in [0.05, 0.1) is 0 Å². The lowest BCUT2D eigenvalue weighted by Gasteiger charge is -2.38. The summed E-state index contributed by atoms with van der Waals surface area (Å²) in [7, 11) is 0. The lowest BCUT2D eigenvalue weighted by atomic mass is 9.97. The summed E-state index contributed by atoms with van der Waals surface area (Å²) in [5, 5.41) is 4.44. The van der Waals surface area contributed by atoms with Gasteiger partial charge in [-0.15, -0.1) is 0 Å². The summed E-state index contributed by atoms with van der Waals surface area (Å²) in [6.45, 7) is 11.0. The van der Waals surface area contributed by atoms with E-state index in [1.54, 1.807) is 0 Å². The number of benzene rings is 1. The molecule has 1 aromatic carbocycles. The van der Waals surface area contributed by atoms with Crippen molar-refractivity contribution < 1.29 is 0 Å². The highest BCUT2D eigenvalue weighted by Crippen LogP contribution is 2.31. The second-order valence-electron chi connectivity index (χ2n) is 7.13. The number of anilines is 1. The van der Waals surface area contributed by atoms with E-state index in [1.165, 1.54) is 36.9 Å². The molecule has 0 spiro atoms. The molecule has 118 valence electrons. The van der Waals surface area contributed by atoms with Crippen molar-refractivity contribution in [3.8, 4) is 0 Å². The van der Waals surface area contributed by atoms with Gasteiger partial charge in [-0.05, 0) is 64.2 Å². The Morgan fingerprint density at radius 2 is 2.05 bits per heavy atom. The Hall–Kier alpha value is -0.730. The lowest BCUT2D eigenvalue weighted by Crippen LogP contribution is -2.40. The molecular weight excluding hydrogens is 280 g/mol. The summed E-state index contributed by atoms with van der Waals surface area (Å²) in [5.41, 5.74) is 2.81. The van der Waals surface area contributed by atoms with E-state index < -0.39 is 0 Å². The lowest BCUT2D eigenvalue weighted by molar-refractivity contribution is 0.420.